The summed E-state index contributed by atoms with van der Waals surface area (Å²) in [5.41, 5.74) is 6.55. The number of benzene rings is 3. The van der Waals surface area contributed by atoms with E-state index in [0.29, 0.717) is 5.92 Å². The highest BCUT2D eigenvalue weighted by molar-refractivity contribution is 9.10. The van der Waals surface area contributed by atoms with Crippen molar-refractivity contribution in [1.29, 1.82) is 0 Å². The Bertz CT molecular complexity index is 1130. The van der Waals surface area contributed by atoms with E-state index in [1.54, 1.807) is 0 Å². The first-order valence-electron chi connectivity index (χ1n) is 11.2. The summed E-state index contributed by atoms with van der Waals surface area (Å²) >= 11 is 7.05. The number of hydrogen-bond acceptors (Lipinski definition) is 2. The normalized spacial score (nSPS) is 14.4. The first-order valence-corrected chi connectivity index (χ1v) is 12.8. The minimum atomic E-state index is 0.708. The molecule has 0 N–H and O–H groups in total. The standard InChI is InChI=1S/C28H24Br2N2/c29-24-14-10-22(11-15-24)27-18-26(31-28(32-27)23-12-16-25(30)17-13-23)21-8-6-20(7-9-21)19-4-2-1-3-5-19/h6-19H,1-5H2. The Morgan fingerprint density at radius 2 is 1.03 bits per heavy atom. The second-order valence-electron chi connectivity index (χ2n) is 8.43. The van der Waals surface area contributed by atoms with Crippen molar-refractivity contribution in [2.75, 3.05) is 0 Å². The van der Waals surface area contributed by atoms with E-state index in [0.717, 1.165) is 42.8 Å². The maximum absolute atomic E-state index is 4.95. The first kappa shape index (κ1) is 21.5. The summed E-state index contributed by atoms with van der Waals surface area (Å²) < 4.78 is 2.10. The molecule has 0 amide bonds. The summed E-state index contributed by atoms with van der Waals surface area (Å²) in [6.07, 6.45) is 6.71. The fourth-order valence-corrected chi connectivity index (χ4v) is 4.98. The fraction of sp³-hybridized carbons (Fsp3) is 0.214. The van der Waals surface area contributed by atoms with Gasteiger partial charge in [0.25, 0.3) is 0 Å². The maximum Gasteiger partial charge on any atom is 0.160 e. The number of hydrogen-bond donors (Lipinski definition) is 0. The maximum atomic E-state index is 4.95. The third-order valence-electron chi connectivity index (χ3n) is 6.25. The highest BCUT2D eigenvalue weighted by atomic mass is 79.9. The topological polar surface area (TPSA) is 25.8 Å². The van der Waals surface area contributed by atoms with Crippen LogP contribution < -0.4 is 0 Å². The summed E-state index contributed by atoms with van der Waals surface area (Å²) in [7, 11) is 0. The molecular formula is C28H24Br2N2. The molecule has 0 bridgehead atoms. The lowest BCUT2D eigenvalue weighted by Crippen LogP contribution is -2.04. The van der Waals surface area contributed by atoms with Crippen LogP contribution in [0.5, 0.6) is 0 Å². The molecule has 160 valence electrons. The molecule has 0 unspecified atom stereocenters. The second kappa shape index (κ2) is 9.68. The van der Waals surface area contributed by atoms with Crippen LogP contribution in [-0.2, 0) is 0 Å². The molecule has 1 saturated carbocycles. The third kappa shape index (κ3) is 4.87. The molecule has 0 aliphatic heterocycles. The van der Waals surface area contributed by atoms with Gasteiger partial charge in [-0.2, -0.15) is 0 Å². The summed E-state index contributed by atoms with van der Waals surface area (Å²) in [6.45, 7) is 0. The van der Waals surface area contributed by atoms with Crippen LogP contribution >= 0.6 is 31.9 Å². The van der Waals surface area contributed by atoms with E-state index in [2.05, 4.69) is 98.6 Å². The Hall–Kier alpha value is -2.30. The summed E-state index contributed by atoms with van der Waals surface area (Å²) in [5.74, 6) is 1.45. The van der Waals surface area contributed by atoms with E-state index in [-0.39, 0.29) is 0 Å². The molecule has 2 nitrogen and oxygen atoms in total. The van der Waals surface area contributed by atoms with Crippen LogP contribution in [0.25, 0.3) is 33.9 Å². The van der Waals surface area contributed by atoms with Gasteiger partial charge >= 0.3 is 0 Å². The van der Waals surface area contributed by atoms with Crippen LogP contribution in [0.3, 0.4) is 0 Å². The predicted molar refractivity (Wildman–Crippen MR) is 140 cm³/mol. The van der Waals surface area contributed by atoms with Gasteiger partial charge < -0.3 is 0 Å². The molecule has 1 aliphatic rings. The Morgan fingerprint density at radius 3 is 1.56 bits per heavy atom. The van der Waals surface area contributed by atoms with E-state index in [1.807, 2.05) is 12.1 Å². The average molecular weight is 548 g/mol. The molecule has 32 heavy (non-hydrogen) atoms. The lowest BCUT2D eigenvalue weighted by molar-refractivity contribution is 0.443. The van der Waals surface area contributed by atoms with E-state index < -0.39 is 0 Å². The zero-order valence-electron chi connectivity index (χ0n) is 17.8. The van der Waals surface area contributed by atoms with Crippen molar-refractivity contribution < 1.29 is 0 Å². The Morgan fingerprint density at radius 1 is 0.562 bits per heavy atom. The minimum absolute atomic E-state index is 0.708. The smallest absolute Gasteiger partial charge is 0.160 e. The summed E-state index contributed by atoms with van der Waals surface area (Å²) in [6, 6.07) is 27.6. The molecule has 0 saturated heterocycles. The lowest BCUT2D eigenvalue weighted by atomic mass is 9.84. The van der Waals surface area contributed by atoms with Crippen molar-refractivity contribution in [2.24, 2.45) is 0 Å². The average Bonchev–Trinajstić information content (AvgIpc) is 2.85. The predicted octanol–water partition coefficient (Wildman–Crippen LogP) is 9.05. The molecule has 1 fully saturated rings. The number of rotatable bonds is 4. The summed E-state index contributed by atoms with van der Waals surface area (Å²) in [5, 5.41) is 0. The molecular weight excluding hydrogens is 524 g/mol. The molecule has 1 aliphatic carbocycles. The Balaban J connectivity index is 1.56. The first-order chi connectivity index (χ1) is 15.7. The van der Waals surface area contributed by atoms with E-state index in [4.69, 9.17) is 9.97 Å². The van der Waals surface area contributed by atoms with Crippen molar-refractivity contribution in [2.45, 2.75) is 38.0 Å². The number of aromatic nitrogens is 2. The molecule has 3 aromatic carbocycles. The van der Waals surface area contributed by atoms with Gasteiger partial charge in [-0.1, -0.05) is 99.7 Å². The largest absolute Gasteiger partial charge is 0.228 e. The van der Waals surface area contributed by atoms with Gasteiger partial charge in [0.1, 0.15) is 0 Å². The fourth-order valence-electron chi connectivity index (χ4n) is 4.45. The highest BCUT2D eigenvalue weighted by Gasteiger charge is 2.16. The number of nitrogens with zero attached hydrogens (tertiary/aromatic N) is 2. The van der Waals surface area contributed by atoms with Crippen molar-refractivity contribution in [3.8, 4) is 33.9 Å². The Labute approximate surface area is 206 Å². The molecule has 0 spiro atoms. The van der Waals surface area contributed by atoms with Crippen molar-refractivity contribution in [1.82, 2.24) is 9.97 Å². The van der Waals surface area contributed by atoms with Gasteiger partial charge in [-0.25, -0.2) is 9.97 Å². The quantitative estimate of drug-likeness (QED) is 0.254. The van der Waals surface area contributed by atoms with Crippen LogP contribution in [-0.4, -0.2) is 9.97 Å². The molecule has 4 aromatic rings. The van der Waals surface area contributed by atoms with Gasteiger partial charge in [-0.15, -0.1) is 0 Å². The zero-order valence-corrected chi connectivity index (χ0v) is 20.9. The van der Waals surface area contributed by atoms with Gasteiger partial charge in [-0.05, 0) is 54.7 Å². The highest BCUT2D eigenvalue weighted by Crippen LogP contribution is 2.34. The minimum Gasteiger partial charge on any atom is -0.228 e. The second-order valence-corrected chi connectivity index (χ2v) is 10.3. The van der Waals surface area contributed by atoms with Gasteiger partial charge in [-0.3, -0.25) is 0 Å². The van der Waals surface area contributed by atoms with Crippen LogP contribution in [0.2, 0.25) is 0 Å². The number of halogens is 2. The van der Waals surface area contributed by atoms with E-state index in [9.17, 15) is 0 Å². The molecule has 1 heterocycles. The van der Waals surface area contributed by atoms with Gasteiger partial charge in [0, 0.05) is 25.6 Å². The van der Waals surface area contributed by atoms with Crippen LogP contribution in [0.4, 0.5) is 0 Å². The van der Waals surface area contributed by atoms with Gasteiger partial charge in [0.05, 0.1) is 11.4 Å². The van der Waals surface area contributed by atoms with Crippen molar-refractivity contribution in [3.05, 3.63) is 93.4 Å². The van der Waals surface area contributed by atoms with Crippen LogP contribution in [0.1, 0.15) is 43.6 Å². The zero-order chi connectivity index (χ0) is 21.9. The van der Waals surface area contributed by atoms with Crippen LogP contribution in [0.15, 0.2) is 87.8 Å². The molecule has 4 heteroatoms. The van der Waals surface area contributed by atoms with Crippen LogP contribution in [0, 0.1) is 0 Å². The monoisotopic (exact) mass is 546 g/mol. The van der Waals surface area contributed by atoms with E-state index in [1.165, 1.54) is 37.7 Å². The van der Waals surface area contributed by atoms with Crippen molar-refractivity contribution in [3.63, 3.8) is 0 Å². The molecule has 5 rings (SSSR count). The lowest BCUT2D eigenvalue weighted by Gasteiger charge is -2.22. The van der Waals surface area contributed by atoms with Gasteiger partial charge in [0.2, 0.25) is 0 Å². The van der Waals surface area contributed by atoms with Crippen molar-refractivity contribution >= 4 is 31.9 Å². The SMILES string of the molecule is Brc1ccc(-c2cc(-c3ccc(C4CCCCC4)cc3)nc(-c3ccc(Br)cc3)n2)cc1. The molecule has 0 atom stereocenters. The molecule has 0 radical (unpaired) electrons. The van der Waals surface area contributed by atoms with Gasteiger partial charge in [0.15, 0.2) is 5.82 Å². The van der Waals surface area contributed by atoms with E-state index >= 15 is 0 Å². The Kier molecular flexibility index (Phi) is 6.52. The third-order valence-corrected chi connectivity index (χ3v) is 7.31. The molecule has 1 aromatic heterocycles. The summed E-state index contributed by atoms with van der Waals surface area (Å²) in [4.78, 5) is 9.86.